The van der Waals surface area contributed by atoms with Crippen molar-refractivity contribution in [2.45, 2.75) is 53.5 Å². The topological polar surface area (TPSA) is 37.0 Å². The lowest BCUT2D eigenvalue weighted by Crippen LogP contribution is -2.35. The predicted octanol–water partition coefficient (Wildman–Crippen LogP) is 4.14. The molecule has 2 N–H and O–H groups in total. The molecule has 3 nitrogen and oxygen atoms in total. The van der Waals surface area contributed by atoms with Gasteiger partial charge in [-0.1, -0.05) is 20.8 Å². The van der Waals surface area contributed by atoms with Gasteiger partial charge in [-0.3, -0.25) is 4.98 Å². The van der Waals surface area contributed by atoms with Crippen molar-refractivity contribution in [1.82, 2.24) is 4.98 Å². The van der Waals surface area contributed by atoms with E-state index < -0.39 is 0 Å². The summed E-state index contributed by atoms with van der Waals surface area (Å²) in [5.41, 5.74) is 2.50. The fourth-order valence-corrected chi connectivity index (χ4v) is 2.57. The fourth-order valence-electron chi connectivity index (χ4n) is 2.57. The Hall–Kier alpha value is -1.25. The molecule has 0 aromatic carbocycles. The first kappa shape index (κ1) is 14.8. The first-order chi connectivity index (χ1) is 8.22. The largest absolute Gasteiger partial charge is 0.384 e. The minimum absolute atomic E-state index is 0.0603. The van der Waals surface area contributed by atoms with Gasteiger partial charge >= 0.3 is 0 Å². The summed E-state index contributed by atoms with van der Waals surface area (Å²) in [7, 11) is 0. The van der Waals surface area contributed by atoms with Gasteiger partial charge in [-0.25, -0.2) is 0 Å². The highest BCUT2D eigenvalue weighted by molar-refractivity contribution is 5.54. The van der Waals surface area contributed by atoms with Crippen LogP contribution in [0.3, 0.4) is 0 Å². The molecule has 0 saturated heterocycles. The number of hydrogen-bond acceptors (Lipinski definition) is 3. The zero-order valence-electron chi connectivity index (χ0n) is 12.6. The highest BCUT2D eigenvalue weighted by Gasteiger charge is 2.25. The van der Waals surface area contributed by atoms with E-state index in [2.05, 4.69) is 63.2 Å². The third kappa shape index (κ3) is 5.39. The lowest BCUT2D eigenvalue weighted by Gasteiger charge is -2.34. The molecule has 102 valence electrons. The van der Waals surface area contributed by atoms with Gasteiger partial charge in [0.2, 0.25) is 0 Å². The summed E-state index contributed by atoms with van der Waals surface area (Å²) in [5.74, 6) is 0. The van der Waals surface area contributed by atoms with Crippen molar-refractivity contribution < 1.29 is 0 Å². The molecular formula is C15H27N3. The van der Waals surface area contributed by atoms with Crippen molar-refractivity contribution in [3.8, 4) is 0 Å². The summed E-state index contributed by atoms with van der Waals surface area (Å²) in [4.78, 5) is 4.26. The lowest BCUT2D eigenvalue weighted by molar-refractivity contribution is 0.302. The van der Waals surface area contributed by atoms with Crippen LogP contribution < -0.4 is 10.6 Å². The van der Waals surface area contributed by atoms with Crippen molar-refractivity contribution in [2.75, 3.05) is 17.2 Å². The Balaban J connectivity index is 2.74. The molecule has 18 heavy (non-hydrogen) atoms. The molecule has 0 amide bonds. The van der Waals surface area contributed by atoms with Crippen LogP contribution in [0.2, 0.25) is 0 Å². The molecule has 0 radical (unpaired) electrons. The van der Waals surface area contributed by atoms with Gasteiger partial charge in [-0.2, -0.15) is 0 Å². The Morgan fingerprint density at radius 1 is 1.06 bits per heavy atom. The number of nitrogens with zero attached hydrogens (tertiary/aromatic N) is 1. The zero-order chi connectivity index (χ0) is 13.8. The smallest absolute Gasteiger partial charge is 0.0551 e. The molecule has 0 aliphatic rings. The van der Waals surface area contributed by atoms with Crippen molar-refractivity contribution >= 4 is 11.4 Å². The van der Waals surface area contributed by atoms with Crippen LogP contribution in [-0.4, -0.2) is 17.1 Å². The van der Waals surface area contributed by atoms with E-state index >= 15 is 0 Å². The van der Waals surface area contributed by atoms with Gasteiger partial charge in [0.25, 0.3) is 0 Å². The number of rotatable bonds is 5. The number of pyridine rings is 1. The van der Waals surface area contributed by atoms with Gasteiger partial charge < -0.3 is 10.6 Å². The summed E-state index contributed by atoms with van der Waals surface area (Å²) < 4.78 is 0. The molecule has 3 heteroatoms. The van der Waals surface area contributed by atoms with Crippen molar-refractivity contribution in [3.05, 3.63) is 18.5 Å². The van der Waals surface area contributed by atoms with Crippen LogP contribution in [0.1, 0.15) is 48.0 Å². The first-order valence-corrected chi connectivity index (χ1v) is 6.69. The van der Waals surface area contributed by atoms with E-state index in [-0.39, 0.29) is 5.54 Å². The summed E-state index contributed by atoms with van der Waals surface area (Å²) in [6.07, 6.45) is 4.84. The van der Waals surface area contributed by atoms with Crippen molar-refractivity contribution in [1.29, 1.82) is 0 Å². The van der Waals surface area contributed by atoms with Gasteiger partial charge in [0, 0.05) is 12.1 Å². The summed E-state index contributed by atoms with van der Waals surface area (Å²) in [6.45, 7) is 14.3. The molecule has 1 rings (SSSR count). The average molecular weight is 249 g/mol. The maximum absolute atomic E-state index is 4.26. The van der Waals surface area contributed by atoms with Crippen LogP contribution in [0, 0.1) is 5.41 Å². The number of aromatic nitrogens is 1. The van der Waals surface area contributed by atoms with Crippen LogP contribution >= 0.6 is 0 Å². The Bertz CT molecular complexity index is 378. The Labute approximate surface area is 111 Å². The second kappa shape index (κ2) is 5.59. The van der Waals surface area contributed by atoms with Crippen LogP contribution in [0.5, 0.6) is 0 Å². The Kier molecular flexibility index (Phi) is 4.60. The molecule has 0 aliphatic carbocycles. The van der Waals surface area contributed by atoms with E-state index in [0.29, 0.717) is 5.41 Å². The molecule has 0 fully saturated rings. The number of anilines is 2. The Morgan fingerprint density at radius 3 is 2.22 bits per heavy atom. The molecule has 0 saturated carbocycles. The van der Waals surface area contributed by atoms with E-state index in [1.807, 2.05) is 12.4 Å². The molecule has 0 atom stereocenters. The highest BCUT2D eigenvalue weighted by Crippen LogP contribution is 2.29. The number of nitrogens with one attached hydrogen (secondary N) is 2. The molecule has 0 bridgehead atoms. The predicted molar refractivity (Wildman–Crippen MR) is 80.2 cm³/mol. The van der Waals surface area contributed by atoms with E-state index in [4.69, 9.17) is 0 Å². The first-order valence-electron chi connectivity index (χ1n) is 6.69. The van der Waals surface area contributed by atoms with Crippen molar-refractivity contribution in [3.63, 3.8) is 0 Å². The van der Waals surface area contributed by atoms with Gasteiger partial charge in [0.05, 0.1) is 23.8 Å². The van der Waals surface area contributed by atoms with E-state index in [9.17, 15) is 0 Å². The van der Waals surface area contributed by atoms with Crippen LogP contribution in [0.4, 0.5) is 11.4 Å². The number of hydrogen-bond donors (Lipinski definition) is 2. The summed E-state index contributed by atoms with van der Waals surface area (Å²) >= 11 is 0. The fraction of sp³-hybridized carbons (Fsp3) is 0.667. The molecule has 1 aromatic heterocycles. The standard InChI is InChI=1S/C15H27N3/c1-7-17-12-8-13(10-16-9-12)18-15(5,6)11-14(2,3)4/h8-10,17-18H,7,11H2,1-6H3. The van der Waals surface area contributed by atoms with E-state index in [1.165, 1.54) is 0 Å². The van der Waals surface area contributed by atoms with E-state index in [1.54, 1.807) is 0 Å². The van der Waals surface area contributed by atoms with Gasteiger partial charge in [0.1, 0.15) is 0 Å². The second-order valence-corrected chi connectivity index (χ2v) is 6.74. The van der Waals surface area contributed by atoms with Crippen LogP contribution in [0.25, 0.3) is 0 Å². The van der Waals surface area contributed by atoms with E-state index in [0.717, 1.165) is 24.3 Å². The quantitative estimate of drug-likeness (QED) is 0.823. The third-order valence-corrected chi connectivity index (χ3v) is 2.57. The SMILES string of the molecule is CCNc1cncc(NC(C)(C)CC(C)(C)C)c1. The molecule has 1 aromatic rings. The molecule has 0 unspecified atom stereocenters. The minimum atomic E-state index is 0.0603. The molecular weight excluding hydrogens is 222 g/mol. The average Bonchev–Trinajstić information content (AvgIpc) is 2.13. The van der Waals surface area contributed by atoms with Crippen molar-refractivity contribution in [2.24, 2.45) is 5.41 Å². The highest BCUT2D eigenvalue weighted by atomic mass is 15.0. The summed E-state index contributed by atoms with van der Waals surface area (Å²) in [5, 5.41) is 6.85. The normalized spacial score (nSPS) is 12.3. The molecule has 0 spiro atoms. The molecule has 0 aliphatic heterocycles. The maximum Gasteiger partial charge on any atom is 0.0551 e. The minimum Gasteiger partial charge on any atom is -0.384 e. The van der Waals surface area contributed by atoms with Crippen LogP contribution in [0.15, 0.2) is 18.5 Å². The van der Waals surface area contributed by atoms with Gasteiger partial charge in [-0.05, 0) is 38.7 Å². The molecule has 1 heterocycles. The second-order valence-electron chi connectivity index (χ2n) is 6.74. The summed E-state index contributed by atoms with van der Waals surface area (Å²) in [6, 6.07) is 2.11. The maximum atomic E-state index is 4.26. The third-order valence-electron chi connectivity index (χ3n) is 2.57. The van der Waals surface area contributed by atoms with Gasteiger partial charge in [-0.15, -0.1) is 0 Å². The van der Waals surface area contributed by atoms with Crippen LogP contribution in [-0.2, 0) is 0 Å². The zero-order valence-corrected chi connectivity index (χ0v) is 12.6. The monoisotopic (exact) mass is 249 g/mol. The lowest BCUT2D eigenvalue weighted by atomic mass is 9.82. The van der Waals surface area contributed by atoms with Gasteiger partial charge in [0.15, 0.2) is 0 Å². The Morgan fingerprint density at radius 2 is 1.67 bits per heavy atom.